The molecule has 0 aliphatic rings. The largest absolute Gasteiger partial charge is 0.456 e. The van der Waals surface area contributed by atoms with Crippen LogP contribution >= 0.6 is 0 Å². The number of benzene rings is 1. The average molecular weight is 262 g/mol. The Bertz CT molecular complexity index is 412. The van der Waals surface area contributed by atoms with E-state index in [0.717, 1.165) is 0 Å². The summed E-state index contributed by atoms with van der Waals surface area (Å²) in [5.41, 5.74) is -1.45. The van der Waals surface area contributed by atoms with E-state index < -0.39 is 35.4 Å². The molecule has 1 unspecified atom stereocenters. The fraction of sp³-hybridized carbons (Fsp3) is 0.333. The van der Waals surface area contributed by atoms with E-state index in [1.807, 2.05) is 0 Å². The van der Waals surface area contributed by atoms with E-state index in [0.29, 0.717) is 12.1 Å². The van der Waals surface area contributed by atoms with Crippen LogP contribution in [-0.2, 0) is 0 Å². The molecule has 0 radical (unpaired) electrons. The molecule has 17 heavy (non-hydrogen) atoms. The van der Waals surface area contributed by atoms with Crippen LogP contribution in [0.15, 0.2) is 18.2 Å². The Morgan fingerprint density at radius 1 is 1.00 bits per heavy atom. The van der Waals surface area contributed by atoms with E-state index in [-0.39, 0.29) is 6.07 Å². The molecular formula is C9H5F7O. The van der Waals surface area contributed by atoms with Gasteiger partial charge in [-0.25, -0.2) is 8.78 Å². The maximum Gasteiger partial charge on any atom is 0.456 e. The zero-order chi connectivity index (χ0) is 13.4. The molecule has 0 amide bonds. The lowest BCUT2D eigenvalue weighted by Crippen LogP contribution is -2.42. The molecule has 96 valence electrons. The number of hydrogen-bond acceptors (Lipinski definition) is 1. The highest BCUT2D eigenvalue weighted by Crippen LogP contribution is 2.44. The van der Waals surface area contributed by atoms with Gasteiger partial charge in [0.05, 0.1) is 0 Å². The first-order chi connectivity index (χ1) is 7.57. The molecular weight excluding hydrogens is 257 g/mol. The SMILES string of the molecule is OC(c1cc(F)ccc1F)C(F)(F)C(F)(F)F. The van der Waals surface area contributed by atoms with Crippen molar-refractivity contribution in [2.75, 3.05) is 0 Å². The summed E-state index contributed by atoms with van der Waals surface area (Å²) in [6.07, 6.45) is -9.57. The third kappa shape index (κ3) is 2.51. The second-order valence-electron chi connectivity index (χ2n) is 3.19. The number of rotatable bonds is 2. The Balaban J connectivity index is 3.21. The van der Waals surface area contributed by atoms with E-state index in [2.05, 4.69) is 0 Å². The molecule has 0 bridgehead atoms. The molecule has 1 N–H and O–H groups in total. The van der Waals surface area contributed by atoms with Gasteiger partial charge >= 0.3 is 12.1 Å². The maximum atomic E-state index is 12.9. The van der Waals surface area contributed by atoms with Crippen molar-refractivity contribution >= 4 is 0 Å². The molecule has 0 aliphatic carbocycles. The Morgan fingerprint density at radius 3 is 2.00 bits per heavy atom. The average Bonchev–Trinajstić information content (AvgIpc) is 2.19. The van der Waals surface area contributed by atoms with E-state index in [1.165, 1.54) is 0 Å². The molecule has 0 aromatic heterocycles. The summed E-state index contributed by atoms with van der Waals surface area (Å²) < 4.78 is 86.4. The summed E-state index contributed by atoms with van der Waals surface area (Å²) in [5.74, 6) is -8.36. The normalized spacial score (nSPS) is 14.8. The van der Waals surface area contributed by atoms with Crippen LogP contribution in [0.3, 0.4) is 0 Å². The first kappa shape index (κ1) is 13.8. The molecule has 0 fully saturated rings. The Kier molecular flexibility index (Phi) is 3.37. The monoisotopic (exact) mass is 262 g/mol. The number of aliphatic hydroxyl groups excluding tert-OH is 1. The van der Waals surface area contributed by atoms with Gasteiger partial charge in [-0.2, -0.15) is 22.0 Å². The molecule has 0 saturated heterocycles. The third-order valence-corrected chi connectivity index (χ3v) is 1.97. The third-order valence-electron chi connectivity index (χ3n) is 1.97. The fourth-order valence-electron chi connectivity index (χ4n) is 1.07. The van der Waals surface area contributed by atoms with Gasteiger partial charge in [-0.3, -0.25) is 0 Å². The number of alkyl halides is 5. The number of hydrogen-bond donors (Lipinski definition) is 1. The van der Waals surface area contributed by atoms with Gasteiger partial charge < -0.3 is 5.11 Å². The number of halogens is 7. The second kappa shape index (κ2) is 4.17. The second-order valence-corrected chi connectivity index (χ2v) is 3.19. The van der Waals surface area contributed by atoms with Crippen LogP contribution in [0.2, 0.25) is 0 Å². The highest BCUT2D eigenvalue weighted by molar-refractivity contribution is 5.23. The van der Waals surface area contributed by atoms with Crippen LogP contribution in [-0.4, -0.2) is 17.2 Å². The summed E-state index contributed by atoms with van der Waals surface area (Å²) in [7, 11) is 0. The minimum Gasteiger partial charge on any atom is -0.382 e. The molecule has 0 aliphatic heterocycles. The van der Waals surface area contributed by atoms with E-state index in [1.54, 1.807) is 0 Å². The van der Waals surface area contributed by atoms with Gasteiger partial charge in [0.15, 0.2) is 6.10 Å². The Hall–Kier alpha value is -1.31. The van der Waals surface area contributed by atoms with Crippen molar-refractivity contribution in [1.82, 2.24) is 0 Å². The van der Waals surface area contributed by atoms with Gasteiger partial charge in [0.25, 0.3) is 0 Å². The van der Waals surface area contributed by atoms with Crippen molar-refractivity contribution in [1.29, 1.82) is 0 Å². The summed E-state index contributed by atoms with van der Waals surface area (Å²) in [6, 6.07) is 0.956. The van der Waals surface area contributed by atoms with Crippen molar-refractivity contribution in [2.45, 2.75) is 18.2 Å². The summed E-state index contributed by atoms with van der Waals surface area (Å²) in [6.45, 7) is 0. The molecule has 1 atom stereocenters. The Labute approximate surface area is 90.5 Å². The van der Waals surface area contributed by atoms with Gasteiger partial charge in [-0.15, -0.1) is 0 Å². The van der Waals surface area contributed by atoms with Crippen LogP contribution < -0.4 is 0 Å². The molecule has 8 heteroatoms. The molecule has 0 heterocycles. The molecule has 0 spiro atoms. The molecule has 1 aromatic rings. The predicted molar refractivity (Wildman–Crippen MR) is 42.3 cm³/mol. The lowest BCUT2D eigenvalue weighted by molar-refractivity contribution is -0.315. The van der Waals surface area contributed by atoms with Gasteiger partial charge in [-0.1, -0.05) is 0 Å². The maximum absolute atomic E-state index is 12.9. The van der Waals surface area contributed by atoms with Crippen molar-refractivity contribution < 1.29 is 35.8 Å². The van der Waals surface area contributed by atoms with Gasteiger partial charge in [0.1, 0.15) is 11.6 Å². The van der Waals surface area contributed by atoms with E-state index in [4.69, 9.17) is 5.11 Å². The van der Waals surface area contributed by atoms with Crippen LogP contribution in [0.5, 0.6) is 0 Å². The lowest BCUT2D eigenvalue weighted by atomic mass is 10.0. The van der Waals surface area contributed by atoms with Crippen LogP contribution in [0.1, 0.15) is 11.7 Å². The minimum absolute atomic E-state index is 0.0830. The van der Waals surface area contributed by atoms with Crippen molar-refractivity contribution in [2.24, 2.45) is 0 Å². The highest BCUT2D eigenvalue weighted by atomic mass is 19.4. The van der Waals surface area contributed by atoms with Gasteiger partial charge in [0, 0.05) is 5.56 Å². The highest BCUT2D eigenvalue weighted by Gasteiger charge is 2.63. The molecule has 1 rings (SSSR count). The predicted octanol–water partition coefficient (Wildman–Crippen LogP) is 3.20. The van der Waals surface area contributed by atoms with Crippen molar-refractivity contribution in [3.63, 3.8) is 0 Å². The fourth-order valence-corrected chi connectivity index (χ4v) is 1.07. The number of aliphatic hydroxyl groups is 1. The van der Waals surface area contributed by atoms with E-state index >= 15 is 0 Å². The smallest absolute Gasteiger partial charge is 0.382 e. The summed E-state index contributed by atoms with van der Waals surface area (Å²) in [5, 5.41) is 8.81. The topological polar surface area (TPSA) is 20.2 Å². The van der Waals surface area contributed by atoms with E-state index in [9.17, 15) is 30.7 Å². The van der Waals surface area contributed by atoms with Gasteiger partial charge in [0.2, 0.25) is 0 Å². The zero-order valence-corrected chi connectivity index (χ0v) is 7.90. The quantitative estimate of drug-likeness (QED) is 0.811. The first-order valence-corrected chi connectivity index (χ1v) is 4.15. The summed E-state index contributed by atoms with van der Waals surface area (Å²) >= 11 is 0. The standard InChI is InChI=1S/C9H5F7O/c10-4-1-2-6(11)5(3-4)7(17)8(12,13)9(14,15)16/h1-3,7,17H. The van der Waals surface area contributed by atoms with Crippen LogP contribution in [0.4, 0.5) is 30.7 Å². The minimum atomic E-state index is -6.06. The van der Waals surface area contributed by atoms with Gasteiger partial charge in [-0.05, 0) is 18.2 Å². The zero-order valence-electron chi connectivity index (χ0n) is 7.90. The first-order valence-electron chi connectivity index (χ1n) is 4.15. The summed E-state index contributed by atoms with van der Waals surface area (Å²) in [4.78, 5) is 0. The van der Waals surface area contributed by atoms with Crippen molar-refractivity contribution in [3.05, 3.63) is 35.4 Å². The van der Waals surface area contributed by atoms with Crippen LogP contribution in [0.25, 0.3) is 0 Å². The van der Waals surface area contributed by atoms with Crippen LogP contribution in [0, 0.1) is 11.6 Å². The molecule has 1 nitrogen and oxygen atoms in total. The molecule has 0 saturated carbocycles. The molecule has 1 aromatic carbocycles. The lowest BCUT2D eigenvalue weighted by Gasteiger charge is -2.25. The van der Waals surface area contributed by atoms with Crippen molar-refractivity contribution in [3.8, 4) is 0 Å². The Morgan fingerprint density at radius 2 is 1.53 bits per heavy atom.